The number of esters is 1. The minimum atomic E-state index is -0.420. The van der Waals surface area contributed by atoms with E-state index in [1.807, 2.05) is 30.3 Å². The van der Waals surface area contributed by atoms with Crippen molar-refractivity contribution in [1.82, 2.24) is 5.32 Å². The van der Waals surface area contributed by atoms with Gasteiger partial charge >= 0.3 is 5.97 Å². The number of carbonyl (C=O) groups is 2. The SMILES string of the molecule is CCOC(=O)[C@H](C)[C@H](NC(C)=O)c1ccccc1. The van der Waals surface area contributed by atoms with Crippen LogP contribution in [-0.4, -0.2) is 18.5 Å². The molecule has 0 saturated heterocycles. The van der Waals surface area contributed by atoms with Crippen molar-refractivity contribution in [3.63, 3.8) is 0 Å². The maximum absolute atomic E-state index is 11.8. The molecule has 18 heavy (non-hydrogen) atoms. The largest absolute Gasteiger partial charge is 0.466 e. The fraction of sp³-hybridized carbons (Fsp3) is 0.429. The number of amides is 1. The molecular formula is C14H19NO3. The molecule has 4 heteroatoms. The highest BCUT2D eigenvalue weighted by molar-refractivity contribution is 5.77. The molecule has 1 aromatic carbocycles. The zero-order chi connectivity index (χ0) is 13.5. The van der Waals surface area contributed by atoms with E-state index in [-0.39, 0.29) is 17.9 Å². The van der Waals surface area contributed by atoms with Crippen molar-refractivity contribution in [2.24, 2.45) is 5.92 Å². The van der Waals surface area contributed by atoms with Gasteiger partial charge in [-0.3, -0.25) is 9.59 Å². The molecule has 0 bridgehead atoms. The molecule has 0 aromatic heterocycles. The Morgan fingerprint density at radius 2 is 1.89 bits per heavy atom. The fourth-order valence-electron chi connectivity index (χ4n) is 1.79. The highest BCUT2D eigenvalue weighted by atomic mass is 16.5. The van der Waals surface area contributed by atoms with Crippen molar-refractivity contribution in [1.29, 1.82) is 0 Å². The predicted molar refractivity (Wildman–Crippen MR) is 68.8 cm³/mol. The lowest BCUT2D eigenvalue weighted by molar-refractivity contribution is -0.148. The third-order valence-corrected chi connectivity index (χ3v) is 2.68. The smallest absolute Gasteiger partial charge is 0.311 e. The molecule has 0 unspecified atom stereocenters. The highest BCUT2D eigenvalue weighted by Crippen LogP contribution is 2.22. The summed E-state index contributed by atoms with van der Waals surface area (Å²) in [7, 11) is 0. The summed E-state index contributed by atoms with van der Waals surface area (Å²) in [5, 5.41) is 2.80. The minimum Gasteiger partial charge on any atom is -0.466 e. The topological polar surface area (TPSA) is 55.4 Å². The second-order valence-corrected chi connectivity index (χ2v) is 4.13. The zero-order valence-electron chi connectivity index (χ0n) is 11.0. The number of rotatable bonds is 5. The molecule has 0 heterocycles. The molecule has 1 rings (SSSR count). The van der Waals surface area contributed by atoms with E-state index in [0.717, 1.165) is 5.56 Å². The summed E-state index contributed by atoms with van der Waals surface area (Å²) in [6.45, 7) is 5.30. The Balaban J connectivity index is 2.91. The average molecular weight is 249 g/mol. The molecule has 1 amide bonds. The number of carbonyl (C=O) groups excluding carboxylic acids is 2. The average Bonchev–Trinajstić information content (AvgIpc) is 2.36. The lowest BCUT2D eigenvalue weighted by Crippen LogP contribution is -2.35. The van der Waals surface area contributed by atoms with Gasteiger partial charge in [-0.25, -0.2) is 0 Å². The highest BCUT2D eigenvalue weighted by Gasteiger charge is 2.27. The third-order valence-electron chi connectivity index (χ3n) is 2.68. The van der Waals surface area contributed by atoms with Crippen molar-refractivity contribution in [2.45, 2.75) is 26.8 Å². The Morgan fingerprint density at radius 1 is 1.28 bits per heavy atom. The quantitative estimate of drug-likeness (QED) is 0.813. The maximum atomic E-state index is 11.8. The lowest BCUT2D eigenvalue weighted by Gasteiger charge is -2.23. The molecule has 1 N–H and O–H groups in total. The Morgan fingerprint density at radius 3 is 2.39 bits per heavy atom. The minimum absolute atomic E-state index is 0.167. The van der Waals surface area contributed by atoms with Crippen LogP contribution in [-0.2, 0) is 14.3 Å². The number of hydrogen-bond acceptors (Lipinski definition) is 3. The molecule has 4 nitrogen and oxygen atoms in total. The Bertz CT molecular complexity index is 403. The number of ether oxygens (including phenoxy) is 1. The van der Waals surface area contributed by atoms with E-state index in [0.29, 0.717) is 6.61 Å². The summed E-state index contributed by atoms with van der Waals surface area (Å²) in [6, 6.07) is 9.06. The van der Waals surface area contributed by atoms with Gasteiger partial charge in [-0.05, 0) is 19.4 Å². The van der Waals surface area contributed by atoms with Crippen LogP contribution >= 0.6 is 0 Å². The summed E-state index contributed by atoms with van der Waals surface area (Å²) in [4.78, 5) is 23.0. The molecule has 2 atom stereocenters. The summed E-state index contributed by atoms with van der Waals surface area (Å²) in [5.74, 6) is -0.892. The first-order chi connectivity index (χ1) is 8.56. The Hall–Kier alpha value is -1.84. The van der Waals surface area contributed by atoms with Crippen molar-refractivity contribution >= 4 is 11.9 Å². The van der Waals surface area contributed by atoms with Gasteiger partial charge in [-0.15, -0.1) is 0 Å². The van der Waals surface area contributed by atoms with Crippen LogP contribution in [0.4, 0.5) is 0 Å². The van der Waals surface area contributed by atoms with Gasteiger partial charge in [-0.2, -0.15) is 0 Å². The van der Waals surface area contributed by atoms with Crippen molar-refractivity contribution in [3.05, 3.63) is 35.9 Å². The molecule has 98 valence electrons. The molecule has 0 spiro atoms. The fourth-order valence-corrected chi connectivity index (χ4v) is 1.79. The molecule has 0 aliphatic rings. The van der Waals surface area contributed by atoms with Gasteiger partial charge in [-0.1, -0.05) is 30.3 Å². The third kappa shape index (κ3) is 3.87. The number of nitrogens with one attached hydrogen (secondary N) is 1. The van der Waals surface area contributed by atoms with Gasteiger partial charge < -0.3 is 10.1 Å². The summed E-state index contributed by atoms with van der Waals surface area (Å²) in [6.07, 6.45) is 0. The molecular weight excluding hydrogens is 230 g/mol. The second kappa shape index (κ2) is 6.79. The van der Waals surface area contributed by atoms with E-state index in [1.165, 1.54) is 6.92 Å². The van der Waals surface area contributed by atoms with Crippen LogP contribution in [0.1, 0.15) is 32.4 Å². The van der Waals surface area contributed by atoms with Gasteiger partial charge in [0, 0.05) is 6.92 Å². The standard InChI is InChI=1S/C14H19NO3/c1-4-18-14(17)10(2)13(15-11(3)16)12-8-6-5-7-9-12/h5-10,13H,4H2,1-3H3,(H,15,16)/t10-,13+/m1/s1. The van der Waals surface area contributed by atoms with Crippen molar-refractivity contribution in [2.75, 3.05) is 6.61 Å². The van der Waals surface area contributed by atoms with Crippen LogP contribution < -0.4 is 5.32 Å². The van der Waals surface area contributed by atoms with E-state index < -0.39 is 5.92 Å². The molecule has 0 aliphatic heterocycles. The maximum Gasteiger partial charge on any atom is 0.311 e. The van der Waals surface area contributed by atoms with E-state index in [2.05, 4.69) is 5.32 Å². The van der Waals surface area contributed by atoms with Gasteiger partial charge in [0.15, 0.2) is 0 Å². The van der Waals surface area contributed by atoms with Gasteiger partial charge in [0.1, 0.15) is 0 Å². The first kappa shape index (κ1) is 14.2. The first-order valence-corrected chi connectivity index (χ1v) is 6.05. The summed E-state index contributed by atoms with van der Waals surface area (Å²) in [5.41, 5.74) is 0.897. The molecule has 0 aliphatic carbocycles. The predicted octanol–water partition coefficient (Wildman–Crippen LogP) is 2.06. The molecule has 0 saturated carbocycles. The monoisotopic (exact) mass is 249 g/mol. The van der Waals surface area contributed by atoms with Gasteiger partial charge in [0.2, 0.25) is 5.91 Å². The molecule has 0 fully saturated rings. The van der Waals surface area contributed by atoms with Crippen LogP contribution in [0.3, 0.4) is 0 Å². The van der Waals surface area contributed by atoms with Crippen molar-refractivity contribution < 1.29 is 14.3 Å². The van der Waals surface area contributed by atoms with E-state index in [4.69, 9.17) is 4.74 Å². The van der Waals surface area contributed by atoms with E-state index in [1.54, 1.807) is 13.8 Å². The summed E-state index contributed by atoms with van der Waals surface area (Å²) < 4.78 is 5.00. The molecule has 1 aromatic rings. The Labute approximate surface area is 107 Å². The second-order valence-electron chi connectivity index (χ2n) is 4.13. The van der Waals surface area contributed by atoms with E-state index in [9.17, 15) is 9.59 Å². The number of hydrogen-bond donors (Lipinski definition) is 1. The van der Waals surface area contributed by atoms with Gasteiger partial charge in [0.05, 0.1) is 18.6 Å². The Kier molecular flexibility index (Phi) is 5.36. The van der Waals surface area contributed by atoms with Crippen LogP contribution in [0.15, 0.2) is 30.3 Å². The number of benzene rings is 1. The van der Waals surface area contributed by atoms with E-state index >= 15 is 0 Å². The summed E-state index contributed by atoms with van der Waals surface area (Å²) >= 11 is 0. The zero-order valence-corrected chi connectivity index (χ0v) is 11.0. The first-order valence-electron chi connectivity index (χ1n) is 6.05. The van der Waals surface area contributed by atoms with Gasteiger partial charge in [0.25, 0.3) is 0 Å². The van der Waals surface area contributed by atoms with Crippen LogP contribution in [0.25, 0.3) is 0 Å². The van der Waals surface area contributed by atoms with Crippen molar-refractivity contribution in [3.8, 4) is 0 Å². The molecule has 0 radical (unpaired) electrons. The van der Waals surface area contributed by atoms with Crippen LogP contribution in [0, 0.1) is 5.92 Å². The normalized spacial score (nSPS) is 13.5. The lowest BCUT2D eigenvalue weighted by atomic mass is 9.94. The van der Waals surface area contributed by atoms with Crippen LogP contribution in [0.5, 0.6) is 0 Å². The van der Waals surface area contributed by atoms with Crippen LogP contribution in [0.2, 0.25) is 0 Å².